The maximum Gasteiger partial charge on any atom is 0.275 e. The van der Waals surface area contributed by atoms with Gasteiger partial charge in [-0.1, -0.05) is 24.6 Å². The smallest absolute Gasteiger partial charge is 0.275 e. The summed E-state index contributed by atoms with van der Waals surface area (Å²) in [7, 11) is 0. The molecule has 4 nitrogen and oxygen atoms in total. The zero-order valence-electron chi connectivity index (χ0n) is 10.5. The number of nitrogens with zero attached hydrogens (tertiary/aromatic N) is 1. The summed E-state index contributed by atoms with van der Waals surface area (Å²) in [5, 5.41) is 15.1. The third kappa shape index (κ3) is 4.48. The molecule has 1 rings (SSSR count). The maximum atomic E-state index is 10.9. The Morgan fingerprint density at radius 1 is 1.56 bits per heavy atom. The lowest BCUT2D eigenvalue weighted by atomic mass is 10.1. The highest BCUT2D eigenvalue weighted by Crippen LogP contribution is 2.25. The minimum absolute atomic E-state index is 0.0768. The van der Waals surface area contributed by atoms with Gasteiger partial charge in [-0.15, -0.1) is 0 Å². The van der Waals surface area contributed by atoms with Crippen molar-refractivity contribution >= 4 is 29.1 Å². The lowest BCUT2D eigenvalue weighted by molar-refractivity contribution is -0.385. The fourth-order valence-corrected chi connectivity index (χ4v) is 2.12. The molecule has 1 atom stereocenters. The number of nitro groups is 1. The highest BCUT2D eigenvalue weighted by Gasteiger charge is 2.15. The predicted molar refractivity (Wildman–Crippen MR) is 77.4 cm³/mol. The normalized spacial score (nSPS) is 12.4. The SMILES string of the molecule is CSC(C)CCNCc1c(Cl)cccc1[N+](=O)[O-]. The van der Waals surface area contributed by atoms with Gasteiger partial charge in [0.25, 0.3) is 5.69 Å². The molecule has 0 aliphatic heterocycles. The van der Waals surface area contributed by atoms with Crippen LogP contribution in [0.25, 0.3) is 0 Å². The molecule has 1 aromatic rings. The van der Waals surface area contributed by atoms with Gasteiger partial charge in [-0.05, 0) is 25.3 Å². The van der Waals surface area contributed by atoms with Crippen molar-refractivity contribution in [3.05, 3.63) is 38.9 Å². The maximum absolute atomic E-state index is 10.9. The first-order valence-corrected chi connectivity index (χ1v) is 7.38. The molecule has 0 fully saturated rings. The molecule has 0 saturated carbocycles. The molecule has 6 heteroatoms. The van der Waals surface area contributed by atoms with E-state index < -0.39 is 4.92 Å². The molecule has 1 N–H and O–H groups in total. The summed E-state index contributed by atoms with van der Waals surface area (Å²) < 4.78 is 0. The van der Waals surface area contributed by atoms with Crippen LogP contribution in [0.5, 0.6) is 0 Å². The number of hydrogen-bond donors (Lipinski definition) is 1. The molecular formula is C12H17ClN2O2S. The van der Waals surface area contributed by atoms with E-state index in [1.807, 2.05) is 11.8 Å². The van der Waals surface area contributed by atoms with Gasteiger partial charge in [0.2, 0.25) is 0 Å². The summed E-state index contributed by atoms with van der Waals surface area (Å²) in [6.45, 7) is 3.41. The Balaban J connectivity index is 2.59. The van der Waals surface area contributed by atoms with E-state index in [1.165, 1.54) is 6.07 Å². The topological polar surface area (TPSA) is 55.2 Å². The van der Waals surface area contributed by atoms with Crippen LogP contribution in [0, 0.1) is 10.1 Å². The van der Waals surface area contributed by atoms with Crippen LogP contribution in [0.15, 0.2) is 18.2 Å². The van der Waals surface area contributed by atoms with E-state index in [0.29, 0.717) is 22.4 Å². The van der Waals surface area contributed by atoms with Crippen molar-refractivity contribution in [1.82, 2.24) is 5.32 Å². The lowest BCUT2D eigenvalue weighted by Gasteiger charge is -2.10. The number of hydrogen-bond acceptors (Lipinski definition) is 4. The van der Waals surface area contributed by atoms with Gasteiger partial charge >= 0.3 is 0 Å². The average molecular weight is 289 g/mol. The summed E-state index contributed by atoms with van der Waals surface area (Å²) in [5.41, 5.74) is 0.633. The van der Waals surface area contributed by atoms with E-state index in [1.54, 1.807) is 12.1 Å². The van der Waals surface area contributed by atoms with Crippen LogP contribution < -0.4 is 5.32 Å². The summed E-state index contributed by atoms with van der Waals surface area (Å²) in [6.07, 6.45) is 3.10. The standard InChI is InChI=1S/C12H17ClN2O2S/c1-9(18-2)6-7-14-8-10-11(13)4-3-5-12(10)15(16)17/h3-5,9,14H,6-8H2,1-2H3. The first-order chi connectivity index (χ1) is 8.56. The minimum atomic E-state index is -0.395. The number of halogens is 1. The molecule has 0 amide bonds. The number of rotatable bonds is 7. The average Bonchev–Trinajstić information content (AvgIpc) is 2.35. The number of benzene rings is 1. The van der Waals surface area contributed by atoms with E-state index in [-0.39, 0.29) is 5.69 Å². The molecule has 0 bridgehead atoms. The van der Waals surface area contributed by atoms with E-state index in [4.69, 9.17) is 11.6 Å². The lowest BCUT2D eigenvalue weighted by Crippen LogP contribution is -2.18. The monoisotopic (exact) mass is 288 g/mol. The zero-order valence-corrected chi connectivity index (χ0v) is 12.1. The third-order valence-electron chi connectivity index (χ3n) is 2.72. The fourth-order valence-electron chi connectivity index (χ4n) is 1.53. The number of thioether (sulfide) groups is 1. The van der Waals surface area contributed by atoms with Gasteiger partial charge in [0, 0.05) is 17.9 Å². The van der Waals surface area contributed by atoms with Crippen LogP contribution in [-0.2, 0) is 6.54 Å². The van der Waals surface area contributed by atoms with Crippen molar-refractivity contribution in [2.75, 3.05) is 12.8 Å². The Labute approximate surface area is 116 Å². The number of nitrogens with one attached hydrogen (secondary N) is 1. The van der Waals surface area contributed by atoms with Crippen LogP contribution in [0.1, 0.15) is 18.9 Å². The van der Waals surface area contributed by atoms with Crippen LogP contribution >= 0.6 is 23.4 Å². The highest BCUT2D eigenvalue weighted by atomic mass is 35.5. The van der Waals surface area contributed by atoms with Crippen molar-refractivity contribution in [1.29, 1.82) is 0 Å². The molecule has 0 saturated heterocycles. The van der Waals surface area contributed by atoms with Crippen molar-refractivity contribution in [2.45, 2.75) is 25.1 Å². The summed E-state index contributed by atoms with van der Waals surface area (Å²) >= 11 is 7.80. The van der Waals surface area contributed by atoms with Gasteiger partial charge in [0.1, 0.15) is 0 Å². The van der Waals surface area contributed by atoms with Crippen molar-refractivity contribution < 1.29 is 4.92 Å². The van der Waals surface area contributed by atoms with Gasteiger partial charge in [-0.3, -0.25) is 10.1 Å². The molecule has 0 aliphatic carbocycles. The molecule has 0 heterocycles. The Hall–Kier alpha value is -0.780. The molecular weight excluding hydrogens is 272 g/mol. The second kappa shape index (κ2) is 7.61. The first-order valence-electron chi connectivity index (χ1n) is 5.71. The fraction of sp³-hybridized carbons (Fsp3) is 0.500. The van der Waals surface area contributed by atoms with Gasteiger partial charge in [0.05, 0.1) is 15.5 Å². The van der Waals surface area contributed by atoms with E-state index in [9.17, 15) is 10.1 Å². The predicted octanol–water partition coefficient (Wildman–Crippen LogP) is 3.48. The third-order valence-corrected chi connectivity index (χ3v) is 4.12. The molecule has 18 heavy (non-hydrogen) atoms. The Kier molecular flexibility index (Phi) is 6.46. The zero-order chi connectivity index (χ0) is 13.5. The van der Waals surface area contributed by atoms with Crippen LogP contribution in [-0.4, -0.2) is 23.0 Å². The first kappa shape index (κ1) is 15.3. The van der Waals surface area contributed by atoms with Gasteiger partial charge < -0.3 is 5.32 Å². The molecule has 100 valence electrons. The van der Waals surface area contributed by atoms with Gasteiger partial charge in [0.15, 0.2) is 0 Å². The van der Waals surface area contributed by atoms with Crippen LogP contribution in [0.3, 0.4) is 0 Å². The molecule has 1 unspecified atom stereocenters. The van der Waals surface area contributed by atoms with E-state index in [0.717, 1.165) is 13.0 Å². The second-order valence-corrected chi connectivity index (χ2v) is 5.69. The largest absolute Gasteiger partial charge is 0.312 e. The van der Waals surface area contributed by atoms with E-state index in [2.05, 4.69) is 18.5 Å². The summed E-state index contributed by atoms with van der Waals surface area (Å²) in [4.78, 5) is 10.5. The molecule has 0 aliphatic rings. The van der Waals surface area contributed by atoms with Gasteiger partial charge in [-0.2, -0.15) is 11.8 Å². The molecule has 1 aromatic carbocycles. The quantitative estimate of drug-likeness (QED) is 0.474. The molecule has 0 aromatic heterocycles. The molecule has 0 radical (unpaired) electrons. The van der Waals surface area contributed by atoms with Crippen molar-refractivity contribution in [3.8, 4) is 0 Å². The summed E-state index contributed by atoms with van der Waals surface area (Å²) in [5.74, 6) is 0. The Bertz CT molecular complexity index is 415. The second-order valence-electron chi connectivity index (χ2n) is 4.01. The molecule has 0 spiro atoms. The Morgan fingerprint density at radius 2 is 2.28 bits per heavy atom. The minimum Gasteiger partial charge on any atom is -0.312 e. The van der Waals surface area contributed by atoms with Gasteiger partial charge in [-0.25, -0.2) is 0 Å². The number of nitro benzene ring substituents is 1. The van der Waals surface area contributed by atoms with E-state index >= 15 is 0 Å². The van der Waals surface area contributed by atoms with Crippen LogP contribution in [0.4, 0.5) is 5.69 Å². The summed E-state index contributed by atoms with van der Waals surface area (Å²) in [6, 6.07) is 4.75. The van der Waals surface area contributed by atoms with Crippen molar-refractivity contribution in [2.24, 2.45) is 0 Å². The van der Waals surface area contributed by atoms with Crippen LogP contribution in [0.2, 0.25) is 5.02 Å². The Morgan fingerprint density at radius 3 is 2.89 bits per heavy atom. The van der Waals surface area contributed by atoms with Crippen molar-refractivity contribution in [3.63, 3.8) is 0 Å². The highest BCUT2D eigenvalue weighted by molar-refractivity contribution is 7.99.